The van der Waals surface area contributed by atoms with Crippen molar-refractivity contribution in [3.05, 3.63) is 35.6 Å². The second-order valence-corrected chi connectivity index (χ2v) is 5.44. The molecule has 1 aromatic carbocycles. The summed E-state index contributed by atoms with van der Waals surface area (Å²) < 4.78 is 17.9. The molecule has 0 aliphatic carbocycles. The SMILES string of the molecule is CC(C)(C)OC(=O)N[C@@H](c1ccc(F)cc1)[C@@H](O)C(=O)[O-]. The van der Waals surface area contributed by atoms with Crippen LogP contribution in [0.4, 0.5) is 9.18 Å². The van der Waals surface area contributed by atoms with Crippen LogP contribution in [0, 0.1) is 5.82 Å². The Labute approximate surface area is 121 Å². The van der Waals surface area contributed by atoms with Gasteiger partial charge >= 0.3 is 6.09 Å². The van der Waals surface area contributed by atoms with Gasteiger partial charge in [0.2, 0.25) is 0 Å². The van der Waals surface area contributed by atoms with Crippen LogP contribution < -0.4 is 10.4 Å². The number of amides is 1. The summed E-state index contributed by atoms with van der Waals surface area (Å²) in [6.45, 7) is 4.90. The highest BCUT2D eigenvalue weighted by Crippen LogP contribution is 2.19. The van der Waals surface area contributed by atoms with Crippen LogP contribution in [0.3, 0.4) is 0 Å². The normalized spacial score (nSPS) is 14.1. The Bertz CT molecular complexity index is 509. The first kappa shape index (κ1) is 16.9. The molecule has 116 valence electrons. The van der Waals surface area contributed by atoms with Gasteiger partial charge in [0.1, 0.15) is 17.5 Å². The molecule has 7 heteroatoms. The number of nitrogens with one attached hydrogen (secondary N) is 1. The lowest BCUT2D eigenvalue weighted by molar-refractivity contribution is -0.316. The monoisotopic (exact) mass is 298 g/mol. The van der Waals surface area contributed by atoms with Crippen molar-refractivity contribution in [3.63, 3.8) is 0 Å². The zero-order chi connectivity index (χ0) is 16.2. The van der Waals surface area contributed by atoms with Gasteiger partial charge in [-0.25, -0.2) is 9.18 Å². The van der Waals surface area contributed by atoms with E-state index in [1.54, 1.807) is 20.8 Å². The minimum absolute atomic E-state index is 0.207. The first-order valence-electron chi connectivity index (χ1n) is 6.24. The number of ether oxygens (including phenoxy) is 1. The Hall–Kier alpha value is -2.15. The maximum absolute atomic E-state index is 12.9. The molecule has 1 amide bonds. The van der Waals surface area contributed by atoms with Crippen LogP contribution >= 0.6 is 0 Å². The molecule has 0 unspecified atom stereocenters. The molecule has 0 aromatic heterocycles. The summed E-state index contributed by atoms with van der Waals surface area (Å²) in [4.78, 5) is 22.5. The number of halogens is 1. The quantitative estimate of drug-likeness (QED) is 0.843. The van der Waals surface area contributed by atoms with Crippen molar-refractivity contribution in [1.82, 2.24) is 5.32 Å². The molecule has 0 aliphatic rings. The molecule has 0 saturated carbocycles. The summed E-state index contributed by atoms with van der Waals surface area (Å²) in [5.74, 6) is -2.29. The Balaban J connectivity index is 2.95. The zero-order valence-electron chi connectivity index (χ0n) is 11.9. The molecule has 21 heavy (non-hydrogen) atoms. The molecule has 1 rings (SSSR count). The predicted octanol–water partition coefficient (Wildman–Crippen LogP) is 0.502. The number of benzene rings is 1. The Morgan fingerprint density at radius 3 is 2.24 bits per heavy atom. The van der Waals surface area contributed by atoms with Crippen LogP contribution in [0.2, 0.25) is 0 Å². The Morgan fingerprint density at radius 2 is 1.81 bits per heavy atom. The van der Waals surface area contributed by atoms with Gasteiger partial charge in [-0.2, -0.15) is 0 Å². The van der Waals surface area contributed by atoms with Gasteiger partial charge in [-0.05, 0) is 38.5 Å². The first-order valence-corrected chi connectivity index (χ1v) is 6.24. The molecule has 0 spiro atoms. The predicted molar refractivity (Wildman–Crippen MR) is 69.5 cm³/mol. The summed E-state index contributed by atoms with van der Waals surface area (Å²) in [6.07, 6.45) is -2.90. The van der Waals surface area contributed by atoms with Gasteiger partial charge in [-0.3, -0.25) is 0 Å². The number of hydrogen-bond donors (Lipinski definition) is 2. The maximum atomic E-state index is 12.9. The number of carbonyl (C=O) groups is 2. The van der Waals surface area contributed by atoms with E-state index in [-0.39, 0.29) is 5.56 Å². The molecule has 6 nitrogen and oxygen atoms in total. The number of rotatable bonds is 4. The highest BCUT2D eigenvalue weighted by Gasteiger charge is 2.26. The van der Waals surface area contributed by atoms with Crippen LogP contribution in [0.15, 0.2) is 24.3 Å². The van der Waals surface area contributed by atoms with Gasteiger partial charge in [0.25, 0.3) is 0 Å². The van der Waals surface area contributed by atoms with E-state index >= 15 is 0 Å². The number of aliphatic hydroxyl groups is 1. The first-order chi connectivity index (χ1) is 9.60. The van der Waals surface area contributed by atoms with Crippen molar-refractivity contribution >= 4 is 12.1 Å². The van der Waals surface area contributed by atoms with E-state index in [9.17, 15) is 24.2 Å². The number of carboxylic acids is 1. The topological polar surface area (TPSA) is 98.7 Å². The molecule has 0 heterocycles. The van der Waals surface area contributed by atoms with Crippen LogP contribution in [-0.4, -0.2) is 28.9 Å². The lowest BCUT2D eigenvalue weighted by Gasteiger charge is -2.27. The second kappa shape index (κ2) is 6.53. The number of carboxylic acid groups (broad SMARTS) is 1. The molecule has 0 fully saturated rings. The number of carbonyl (C=O) groups excluding carboxylic acids is 2. The molecule has 0 saturated heterocycles. The highest BCUT2D eigenvalue weighted by atomic mass is 19.1. The van der Waals surface area contributed by atoms with Gasteiger partial charge in [0, 0.05) is 0 Å². The Kier molecular flexibility index (Phi) is 5.26. The summed E-state index contributed by atoms with van der Waals surface area (Å²) in [5, 5.41) is 22.7. The third-order valence-electron chi connectivity index (χ3n) is 2.46. The summed E-state index contributed by atoms with van der Waals surface area (Å²) in [6, 6.07) is 3.36. The second-order valence-electron chi connectivity index (χ2n) is 5.44. The highest BCUT2D eigenvalue weighted by molar-refractivity contribution is 5.74. The average molecular weight is 298 g/mol. The number of alkyl carbamates (subject to hydrolysis) is 1. The largest absolute Gasteiger partial charge is 0.547 e. The lowest BCUT2D eigenvalue weighted by atomic mass is 10.0. The molecular weight excluding hydrogens is 281 g/mol. The van der Waals surface area contributed by atoms with E-state index in [2.05, 4.69) is 5.32 Å². The minimum atomic E-state index is -2.00. The number of aliphatic hydroxyl groups excluding tert-OH is 1. The fourth-order valence-electron chi connectivity index (χ4n) is 1.59. The third kappa shape index (κ3) is 5.39. The zero-order valence-corrected chi connectivity index (χ0v) is 11.9. The Morgan fingerprint density at radius 1 is 1.29 bits per heavy atom. The molecule has 0 radical (unpaired) electrons. The van der Waals surface area contributed by atoms with E-state index < -0.39 is 35.6 Å². The molecule has 0 aliphatic heterocycles. The molecule has 2 N–H and O–H groups in total. The number of aliphatic carboxylic acids is 1. The van der Waals surface area contributed by atoms with Crippen molar-refractivity contribution < 1.29 is 28.9 Å². The smallest absolute Gasteiger partial charge is 0.408 e. The average Bonchev–Trinajstić information content (AvgIpc) is 2.34. The van der Waals surface area contributed by atoms with E-state index in [4.69, 9.17) is 4.74 Å². The van der Waals surface area contributed by atoms with Gasteiger partial charge < -0.3 is 25.1 Å². The van der Waals surface area contributed by atoms with Crippen molar-refractivity contribution in [2.24, 2.45) is 0 Å². The van der Waals surface area contributed by atoms with E-state index in [1.165, 1.54) is 12.1 Å². The number of hydrogen-bond acceptors (Lipinski definition) is 5. The molecule has 0 bridgehead atoms. The summed E-state index contributed by atoms with van der Waals surface area (Å²) in [5.41, 5.74) is -0.580. The van der Waals surface area contributed by atoms with Crippen molar-refractivity contribution in [2.45, 2.75) is 38.5 Å². The summed E-state index contributed by atoms with van der Waals surface area (Å²) >= 11 is 0. The van der Waals surface area contributed by atoms with E-state index in [1.807, 2.05) is 0 Å². The maximum Gasteiger partial charge on any atom is 0.408 e. The van der Waals surface area contributed by atoms with Crippen LogP contribution in [0.25, 0.3) is 0 Å². The van der Waals surface area contributed by atoms with Crippen molar-refractivity contribution in [2.75, 3.05) is 0 Å². The molecule has 1 aromatic rings. The van der Waals surface area contributed by atoms with Crippen LogP contribution in [-0.2, 0) is 9.53 Å². The third-order valence-corrected chi connectivity index (χ3v) is 2.46. The van der Waals surface area contributed by atoms with Crippen molar-refractivity contribution in [1.29, 1.82) is 0 Å². The van der Waals surface area contributed by atoms with Crippen LogP contribution in [0.5, 0.6) is 0 Å². The fraction of sp³-hybridized carbons (Fsp3) is 0.429. The van der Waals surface area contributed by atoms with E-state index in [0.29, 0.717) is 0 Å². The van der Waals surface area contributed by atoms with Gasteiger partial charge in [-0.1, -0.05) is 12.1 Å². The van der Waals surface area contributed by atoms with Crippen molar-refractivity contribution in [3.8, 4) is 0 Å². The molecular formula is C14H17FNO5-. The van der Waals surface area contributed by atoms with Gasteiger partial charge in [-0.15, -0.1) is 0 Å². The standard InChI is InChI=1S/C14H18FNO5/c1-14(2,3)21-13(20)16-10(11(17)12(18)19)8-4-6-9(15)7-5-8/h4-7,10-11,17H,1-3H3,(H,16,20)(H,18,19)/p-1/t10-,11+/m0/s1. The van der Waals surface area contributed by atoms with Crippen LogP contribution in [0.1, 0.15) is 32.4 Å². The van der Waals surface area contributed by atoms with Gasteiger partial charge in [0.15, 0.2) is 0 Å². The molecule has 2 atom stereocenters. The van der Waals surface area contributed by atoms with Gasteiger partial charge in [0.05, 0.1) is 12.0 Å². The fourth-order valence-corrected chi connectivity index (χ4v) is 1.59. The minimum Gasteiger partial charge on any atom is -0.547 e. The lowest BCUT2D eigenvalue weighted by Crippen LogP contribution is -2.47. The van der Waals surface area contributed by atoms with E-state index in [0.717, 1.165) is 12.1 Å². The summed E-state index contributed by atoms with van der Waals surface area (Å²) in [7, 11) is 0.